The van der Waals surface area contributed by atoms with Gasteiger partial charge in [-0.1, -0.05) is 5.16 Å². The van der Waals surface area contributed by atoms with Crippen LogP contribution in [0.25, 0.3) is 0 Å². The summed E-state index contributed by atoms with van der Waals surface area (Å²) in [5.41, 5.74) is 0.182. The van der Waals surface area contributed by atoms with Gasteiger partial charge in [0.1, 0.15) is 6.21 Å². The molecule has 0 bridgehead atoms. The minimum atomic E-state index is -1.03. The van der Waals surface area contributed by atoms with Gasteiger partial charge in [0, 0.05) is 13.8 Å². The van der Waals surface area contributed by atoms with Gasteiger partial charge in [-0.15, -0.1) is 0 Å². The highest BCUT2D eigenvalue weighted by Gasteiger charge is 2.25. The largest absolute Gasteiger partial charge is 0.623 e. The third-order valence-corrected chi connectivity index (χ3v) is 2.51. The molecule has 2 N–H and O–H groups in total. The summed E-state index contributed by atoms with van der Waals surface area (Å²) < 4.78 is 1.40. The van der Waals surface area contributed by atoms with Crippen LogP contribution in [-0.4, -0.2) is 42.8 Å². The van der Waals surface area contributed by atoms with E-state index >= 15 is 0 Å². The number of hydroxylamine groups is 1. The summed E-state index contributed by atoms with van der Waals surface area (Å²) in [7, 11) is 0. The number of oxime groups is 1. The Morgan fingerprint density at radius 3 is 2.47 bits per heavy atom. The van der Waals surface area contributed by atoms with E-state index in [1.807, 2.05) is 0 Å². The normalized spacial score (nSPS) is 13.5. The zero-order valence-corrected chi connectivity index (χ0v) is 10.2. The van der Waals surface area contributed by atoms with E-state index in [2.05, 4.69) is 10.1 Å². The fourth-order valence-electron chi connectivity index (χ4n) is 1.18. The Balaban J connectivity index is 3.15. The summed E-state index contributed by atoms with van der Waals surface area (Å²) >= 11 is 0. The van der Waals surface area contributed by atoms with Crippen LogP contribution in [0.15, 0.2) is 5.16 Å². The molecule has 0 amide bonds. The van der Waals surface area contributed by atoms with Gasteiger partial charge in [0.25, 0.3) is 0 Å². The van der Waals surface area contributed by atoms with Crippen molar-refractivity contribution in [3.05, 3.63) is 22.4 Å². The van der Waals surface area contributed by atoms with Crippen LogP contribution in [0.5, 0.6) is 0 Å². The van der Waals surface area contributed by atoms with Gasteiger partial charge in [-0.2, -0.15) is 9.47 Å². The SMILES string of the molecule is Cc1nc(/C=[N+](\[O-])C(C)(C)/C=N\O)n(O)c1C. The molecule has 0 fully saturated rings. The monoisotopic (exact) mass is 240 g/mol. The van der Waals surface area contributed by atoms with Crippen LogP contribution >= 0.6 is 0 Å². The number of rotatable bonds is 3. The maximum Gasteiger partial charge on any atom is 0.233 e. The van der Waals surface area contributed by atoms with Crippen molar-refractivity contribution in [3.8, 4) is 0 Å². The molecule has 0 aromatic carbocycles. The highest BCUT2D eigenvalue weighted by molar-refractivity contribution is 5.73. The molecule has 17 heavy (non-hydrogen) atoms. The summed E-state index contributed by atoms with van der Waals surface area (Å²) in [6.45, 7) is 6.56. The van der Waals surface area contributed by atoms with Gasteiger partial charge < -0.3 is 15.6 Å². The van der Waals surface area contributed by atoms with Gasteiger partial charge in [0.2, 0.25) is 17.6 Å². The van der Waals surface area contributed by atoms with Crippen molar-refractivity contribution in [3.63, 3.8) is 0 Å². The fourth-order valence-corrected chi connectivity index (χ4v) is 1.18. The van der Waals surface area contributed by atoms with Crippen molar-refractivity contribution in [2.75, 3.05) is 0 Å². The van der Waals surface area contributed by atoms with E-state index in [9.17, 15) is 10.4 Å². The molecule has 0 aliphatic rings. The van der Waals surface area contributed by atoms with Gasteiger partial charge in [-0.25, -0.2) is 4.98 Å². The maximum atomic E-state index is 11.8. The fraction of sp³-hybridized carbons (Fsp3) is 0.500. The van der Waals surface area contributed by atoms with E-state index < -0.39 is 5.54 Å². The van der Waals surface area contributed by atoms with Gasteiger partial charge in [-0.3, -0.25) is 0 Å². The first-order valence-corrected chi connectivity index (χ1v) is 5.04. The molecule has 0 saturated heterocycles. The average Bonchev–Trinajstić information content (AvgIpc) is 2.46. The molecule has 1 heterocycles. The van der Waals surface area contributed by atoms with Crippen LogP contribution in [0, 0.1) is 19.1 Å². The summed E-state index contributed by atoms with van der Waals surface area (Å²) in [5.74, 6) is 0.134. The summed E-state index contributed by atoms with van der Waals surface area (Å²) in [5, 5.41) is 32.7. The first-order valence-electron chi connectivity index (χ1n) is 5.04. The molecule has 1 aromatic rings. The van der Waals surface area contributed by atoms with E-state index in [1.165, 1.54) is 0 Å². The standard InChI is InChI=1S/C10H16N4O3/c1-7-8(2)14(17)9(12-7)5-13(16)10(3,4)6-11-15/h5-6,15,17H,1-4H3/b11-6-,13-5-. The minimum absolute atomic E-state index is 0.134. The van der Waals surface area contributed by atoms with Crippen molar-refractivity contribution >= 4 is 12.4 Å². The lowest BCUT2D eigenvalue weighted by Gasteiger charge is -2.18. The zero-order chi connectivity index (χ0) is 13.2. The smallest absolute Gasteiger partial charge is 0.233 e. The molecular formula is C10H16N4O3. The predicted octanol–water partition coefficient (Wildman–Crippen LogP) is 0.905. The van der Waals surface area contributed by atoms with Crippen LogP contribution in [0.2, 0.25) is 0 Å². The number of nitrogens with zero attached hydrogens (tertiary/aromatic N) is 4. The Bertz CT molecular complexity index is 474. The molecule has 1 aromatic heterocycles. The Morgan fingerprint density at radius 2 is 2.06 bits per heavy atom. The maximum absolute atomic E-state index is 11.8. The molecule has 94 valence electrons. The van der Waals surface area contributed by atoms with E-state index in [1.54, 1.807) is 27.7 Å². The minimum Gasteiger partial charge on any atom is -0.623 e. The molecule has 7 heteroatoms. The number of imidazole rings is 1. The summed E-state index contributed by atoms with van der Waals surface area (Å²) in [6.07, 6.45) is 2.24. The number of hydrogen-bond acceptors (Lipinski definition) is 5. The Kier molecular flexibility index (Phi) is 3.40. The Hall–Kier alpha value is -2.05. The molecular weight excluding hydrogens is 224 g/mol. The van der Waals surface area contributed by atoms with Gasteiger partial charge in [0.15, 0.2) is 0 Å². The van der Waals surface area contributed by atoms with Crippen molar-refractivity contribution < 1.29 is 15.2 Å². The molecule has 7 nitrogen and oxygen atoms in total. The van der Waals surface area contributed by atoms with E-state index in [0.29, 0.717) is 16.1 Å². The molecule has 0 aliphatic carbocycles. The van der Waals surface area contributed by atoms with Crippen LogP contribution in [0.4, 0.5) is 0 Å². The van der Waals surface area contributed by atoms with Crippen molar-refractivity contribution in [1.82, 2.24) is 9.71 Å². The quantitative estimate of drug-likeness (QED) is 0.205. The van der Waals surface area contributed by atoms with Gasteiger partial charge >= 0.3 is 0 Å². The molecule has 0 saturated carbocycles. The van der Waals surface area contributed by atoms with Gasteiger partial charge in [-0.05, 0) is 13.8 Å². The van der Waals surface area contributed by atoms with E-state index in [-0.39, 0.29) is 5.82 Å². The molecule has 0 atom stereocenters. The van der Waals surface area contributed by atoms with Crippen LogP contribution in [0.3, 0.4) is 0 Å². The highest BCUT2D eigenvalue weighted by Crippen LogP contribution is 2.08. The van der Waals surface area contributed by atoms with Crippen molar-refractivity contribution in [2.45, 2.75) is 33.2 Å². The number of hydrogen-bond donors (Lipinski definition) is 2. The highest BCUT2D eigenvalue weighted by atomic mass is 16.5. The molecule has 1 rings (SSSR count). The summed E-state index contributed by atoms with van der Waals surface area (Å²) in [6, 6.07) is 0. The lowest BCUT2D eigenvalue weighted by molar-refractivity contribution is -0.511. The van der Waals surface area contributed by atoms with Crippen molar-refractivity contribution in [2.24, 2.45) is 5.16 Å². The summed E-state index contributed by atoms with van der Waals surface area (Å²) in [4.78, 5) is 4.03. The van der Waals surface area contributed by atoms with E-state index in [0.717, 1.165) is 17.2 Å². The number of aromatic nitrogens is 2. The van der Waals surface area contributed by atoms with Crippen LogP contribution < -0.4 is 0 Å². The lowest BCUT2D eigenvalue weighted by Crippen LogP contribution is -2.35. The molecule has 0 spiro atoms. The Labute approximate surface area is 98.9 Å². The molecule has 0 aliphatic heterocycles. The third kappa shape index (κ3) is 2.55. The third-order valence-electron chi connectivity index (χ3n) is 2.51. The number of aryl methyl sites for hydroxylation is 1. The van der Waals surface area contributed by atoms with Crippen LogP contribution in [0.1, 0.15) is 31.1 Å². The van der Waals surface area contributed by atoms with Crippen molar-refractivity contribution in [1.29, 1.82) is 0 Å². The topological polar surface area (TPSA) is 96.7 Å². The Morgan fingerprint density at radius 1 is 1.47 bits per heavy atom. The van der Waals surface area contributed by atoms with E-state index in [4.69, 9.17) is 5.21 Å². The molecule has 0 radical (unpaired) electrons. The zero-order valence-electron chi connectivity index (χ0n) is 10.2. The average molecular weight is 240 g/mol. The molecule has 0 unspecified atom stereocenters. The second-order valence-electron chi connectivity index (χ2n) is 4.31. The first kappa shape index (κ1) is 13.0. The lowest BCUT2D eigenvalue weighted by atomic mass is 10.1. The second kappa shape index (κ2) is 4.44. The van der Waals surface area contributed by atoms with Crippen LogP contribution in [-0.2, 0) is 0 Å². The predicted molar refractivity (Wildman–Crippen MR) is 62.0 cm³/mol. The first-order chi connectivity index (χ1) is 7.79. The second-order valence-corrected chi connectivity index (χ2v) is 4.31. The van der Waals surface area contributed by atoms with Gasteiger partial charge in [0.05, 0.1) is 11.4 Å².